The third-order valence-corrected chi connectivity index (χ3v) is 6.43. The molecule has 2 saturated heterocycles. The second-order valence-corrected chi connectivity index (χ2v) is 8.67. The maximum atomic E-state index is 12.7. The number of amides is 4. The highest BCUT2D eigenvalue weighted by molar-refractivity contribution is 8.18. The van der Waals surface area contributed by atoms with Gasteiger partial charge < -0.3 is 9.80 Å². The first-order chi connectivity index (χ1) is 15.4. The number of carbonyl (C=O) groups is 4. The van der Waals surface area contributed by atoms with Gasteiger partial charge in [0.1, 0.15) is 0 Å². The van der Waals surface area contributed by atoms with Crippen LogP contribution in [0.2, 0.25) is 0 Å². The van der Waals surface area contributed by atoms with E-state index in [1.54, 1.807) is 40.1 Å². The molecule has 0 bridgehead atoms. The van der Waals surface area contributed by atoms with Gasteiger partial charge in [-0.25, -0.2) is 0 Å². The summed E-state index contributed by atoms with van der Waals surface area (Å²) in [5.41, 5.74) is 2.19. The molecular formula is C24H23N3O4S. The molecule has 4 amide bonds. The van der Waals surface area contributed by atoms with Crippen molar-refractivity contribution in [3.05, 3.63) is 76.2 Å². The molecule has 2 aromatic carbocycles. The van der Waals surface area contributed by atoms with Crippen LogP contribution in [0.4, 0.5) is 4.79 Å². The lowest BCUT2D eigenvalue weighted by molar-refractivity contribution is -0.130. The molecule has 0 N–H and O–H groups in total. The zero-order chi connectivity index (χ0) is 22.7. The summed E-state index contributed by atoms with van der Waals surface area (Å²) in [6, 6.07) is 16.4. The zero-order valence-corrected chi connectivity index (χ0v) is 18.5. The van der Waals surface area contributed by atoms with Crippen LogP contribution in [-0.4, -0.2) is 63.8 Å². The average molecular weight is 450 g/mol. The van der Waals surface area contributed by atoms with E-state index in [2.05, 4.69) is 0 Å². The van der Waals surface area contributed by atoms with E-state index in [1.165, 1.54) is 11.8 Å². The zero-order valence-electron chi connectivity index (χ0n) is 17.7. The Morgan fingerprint density at radius 1 is 0.906 bits per heavy atom. The molecule has 0 atom stereocenters. The monoisotopic (exact) mass is 449 g/mol. The molecule has 4 rings (SSSR count). The lowest BCUT2D eigenvalue weighted by atomic mass is 10.1. The van der Waals surface area contributed by atoms with Crippen LogP contribution >= 0.6 is 11.8 Å². The van der Waals surface area contributed by atoms with E-state index in [0.717, 1.165) is 22.9 Å². The van der Waals surface area contributed by atoms with Gasteiger partial charge in [-0.1, -0.05) is 42.5 Å². The van der Waals surface area contributed by atoms with Crippen molar-refractivity contribution >= 4 is 40.8 Å². The maximum Gasteiger partial charge on any atom is 0.293 e. The largest absolute Gasteiger partial charge is 0.339 e. The normalized spacial score (nSPS) is 17.9. The predicted octanol–water partition coefficient (Wildman–Crippen LogP) is 3.23. The van der Waals surface area contributed by atoms with Gasteiger partial charge in [-0.3, -0.25) is 24.1 Å². The summed E-state index contributed by atoms with van der Waals surface area (Å²) >= 11 is 0.923. The molecule has 2 heterocycles. The molecule has 164 valence electrons. The summed E-state index contributed by atoms with van der Waals surface area (Å²) in [5.74, 6) is -0.370. The number of imide groups is 1. The SMILES string of the molecule is CC(=O)N1CCN(C(=O)c2ccc(C=C3SC(=O)N(Cc4ccccc4)C3=O)cc2)CC1. The number of benzene rings is 2. The number of thioether (sulfide) groups is 1. The molecule has 0 radical (unpaired) electrons. The van der Waals surface area contributed by atoms with Gasteiger partial charge in [0.15, 0.2) is 0 Å². The topological polar surface area (TPSA) is 78.0 Å². The van der Waals surface area contributed by atoms with E-state index in [9.17, 15) is 19.2 Å². The number of nitrogens with zero attached hydrogens (tertiary/aromatic N) is 3. The van der Waals surface area contributed by atoms with E-state index in [0.29, 0.717) is 36.6 Å². The minimum Gasteiger partial charge on any atom is -0.339 e. The predicted molar refractivity (Wildman–Crippen MR) is 123 cm³/mol. The molecule has 2 fully saturated rings. The molecule has 2 aliphatic heterocycles. The van der Waals surface area contributed by atoms with Crippen molar-refractivity contribution in [2.24, 2.45) is 0 Å². The molecule has 0 aromatic heterocycles. The van der Waals surface area contributed by atoms with E-state index in [1.807, 2.05) is 30.3 Å². The Morgan fingerprint density at radius 2 is 1.53 bits per heavy atom. The van der Waals surface area contributed by atoms with Crippen molar-refractivity contribution in [1.29, 1.82) is 0 Å². The Balaban J connectivity index is 1.41. The van der Waals surface area contributed by atoms with Crippen molar-refractivity contribution in [3.63, 3.8) is 0 Å². The van der Waals surface area contributed by atoms with Crippen LogP contribution in [0.25, 0.3) is 6.08 Å². The summed E-state index contributed by atoms with van der Waals surface area (Å²) in [6.07, 6.45) is 1.68. The van der Waals surface area contributed by atoms with Crippen molar-refractivity contribution in [1.82, 2.24) is 14.7 Å². The molecular weight excluding hydrogens is 426 g/mol. The van der Waals surface area contributed by atoms with E-state index in [-0.39, 0.29) is 29.5 Å². The fourth-order valence-corrected chi connectivity index (χ4v) is 4.52. The van der Waals surface area contributed by atoms with Crippen LogP contribution in [-0.2, 0) is 16.1 Å². The van der Waals surface area contributed by atoms with Gasteiger partial charge in [0.05, 0.1) is 11.4 Å². The summed E-state index contributed by atoms with van der Waals surface area (Å²) < 4.78 is 0. The maximum absolute atomic E-state index is 12.7. The number of piperazine rings is 1. The highest BCUT2D eigenvalue weighted by atomic mass is 32.2. The molecule has 0 aliphatic carbocycles. The van der Waals surface area contributed by atoms with E-state index in [4.69, 9.17) is 0 Å². The lowest BCUT2D eigenvalue weighted by Gasteiger charge is -2.34. The Kier molecular flexibility index (Phi) is 6.41. The number of carbonyl (C=O) groups excluding carboxylic acids is 4. The minimum atomic E-state index is -0.313. The van der Waals surface area contributed by atoms with E-state index < -0.39 is 0 Å². The highest BCUT2D eigenvalue weighted by Crippen LogP contribution is 2.33. The summed E-state index contributed by atoms with van der Waals surface area (Å²) in [7, 11) is 0. The van der Waals surface area contributed by atoms with Gasteiger partial charge in [0, 0.05) is 38.7 Å². The molecule has 32 heavy (non-hydrogen) atoms. The molecule has 0 unspecified atom stereocenters. The Morgan fingerprint density at radius 3 is 2.16 bits per heavy atom. The van der Waals surface area contributed by atoms with Gasteiger partial charge in [0.2, 0.25) is 5.91 Å². The fraction of sp³-hybridized carbons (Fsp3) is 0.250. The van der Waals surface area contributed by atoms with Crippen LogP contribution in [0.1, 0.15) is 28.4 Å². The third kappa shape index (κ3) is 4.75. The molecule has 0 spiro atoms. The van der Waals surface area contributed by atoms with Crippen LogP contribution in [0.5, 0.6) is 0 Å². The molecule has 7 nitrogen and oxygen atoms in total. The summed E-state index contributed by atoms with van der Waals surface area (Å²) in [6.45, 7) is 3.87. The van der Waals surface area contributed by atoms with E-state index >= 15 is 0 Å². The second kappa shape index (κ2) is 9.40. The fourth-order valence-electron chi connectivity index (χ4n) is 3.68. The first-order valence-electron chi connectivity index (χ1n) is 10.4. The Labute approximate surface area is 190 Å². The minimum absolute atomic E-state index is 0.0228. The standard InChI is InChI=1S/C24H23N3O4S/c1-17(28)25-11-13-26(14-12-25)22(29)20-9-7-18(8-10-20)15-21-23(30)27(24(31)32-21)16-19-5-3-2-4-6-19/h2-10,15H,11-14,16H2,1H3. The Hall–Kier alpha value is -3.39. The molecule has 2 aromatic rings. The molecule has 8 heteroatoms. The van der Waals surface area contributed by atoms with Gasteiger partial charge in [-0.2, -0.15) is 0 Å². The van der Waals surface area contributed by atoms with Crippen molar-refractivity contribution in [2.45, 2.75) is 13.5 Å². The van der Waals surface area contributed by atoms with Crippen molar-refractivity contribution in [3.8, 4) is 0 Å². The number of hydrogen-bond acceptors (Lipinski definition) is 5. The molecule has 2 aliphatic rings. The van der Waals surface area contributed by atoms with Crippen LogP contribution in [0.15, 0.2) is 59.5 Å². The van der Waals surface area contributed by atoms with Crippen LogP contribution < -0.4 is 0 Å². The van der Waals surface area contributed by atoms with Gasteiger partial charge in [0.25, 0.3) is 17.1 Å². The van der Waals surface area contributed by atoms with Crippen LogP contribution in [0.3, 0.4) is 0 Å². The first-order valence-corrected chi connectivity index (χ1v) is 11.2. The quantitative estimate of drug-likeness (QED) is 0.670. The van der Waals surface area contributed by atoms with Crippen molar-refractivity contribution in [2.75, 3.05) is 26.2 Å². The summed E-state index contributed by atoms with van der Waals surface area (Å²) in [4.78, 5) is 54.3. The first kappa shape index (κ1) is 21.8. The third-order valence-electron chi connectivity index (χ3n) is 5.52. The van der Waals surface area contributed by atoms with Gasteiger partial charge >= 0.3 is 0 Å². The average Bonchev–Trinajstić information content (AvgIpc) is 3.07. The Bertz CT molecular complexity index is 1070. The lowest BCUT2D eigenvalue weighted by Crippen LogP contribution is -2.50. The summed E-state index contributed by atoms with van der Waals surface area (Å²) in [5, 5.41) is -0.290. The number of rotatable bonds is 4. The van der Waals surface area contributed by atoms with Crippen LogP contribution in [0, 0.1) is 0 Å². The number of hydrogen-bond donors (Lipinski definition) is 0. The van der Waals surface area contributed by atoms with Crippen molar-refractivity contribution < 1.29 is 19.2 Å². The van der Waals surface area contributed by atoms with Gasteiger partial charge in [-0.15, -0.1) is 0 Å². The highest BCUT2D eigenvalue weighted by Gasteiger charge is 2.35. The smallest absolute Gasteiger partial charge is 0.293 e. The molecule has 0 saturated carbocycles. The second-order valence-electron chi connectivity index (χ2n) is 7.67. The van der Waals surface area contributed by atoms with Gasteiger partial charge in [-0.05, 0) is 41.1 Å².